The van der Waals surface area contributed by atoms with Crippen molar-refractivity contribution in [1.29, 1.82) is 0 Å². The molecule has 2 atom stereocenters. The normalized spacial score (nSPS) is 23.6. The lowest BCUT2D eigenvalue weighted by atomic mass is 9.81. The number of halogens is 3. The lowest BCUT2D eigenvalue weighted by molar-refractivity contribution is -0.141. The first-order chi connectivity index (χ1) is 9.45. The maximum absolute atomic E-state index is 12.5. The van der Waals surface area contributed by atoms with E-state index in [-0.39, 0.29) is 0 Å². The van der Waals surface area contributed by atoms with Gasteiger partial charge in [0.05, 0.1) is 0 Å². The van der Waals surface area contributed by atoms with Crippen LogP contribution in [0.25, 0.3) is 0 Å². The molecule has 2 unspecified atom stereocenters. The molecule has 0 spiro atoms. The summed E-state index contributed by atoms with van der Waals surface area (Å²) < 4.78 is 37.6. The Kier molecular flexibility index (Phi) is 4.89. The van der Waals surface area contributed by atoms with Gasteiger partial charge in [0.1, 0.15) is 11.5 Å². The fraction of sp³-hybridized carbons (Fsp3) is 0.667. The monoisotopic (exact) mass is 286 g/mol. The standard InChI is InChI=1S/C15H21F3N2/c1-11-4-2-5-12(10-11)8-9-19-14-7-3-6-13(20-14)15(16,17)18/h3,6-7,11-12H,2,4-5,8-10H2,1H3,(H,19,20). The van der Waals surface area contributed by atoms with Gasteiger partial charge in [-0.25, -0.2) is 4.98 Å². The second-order valence-electron chi connectivity index (χ2n) is 5.76. The molecule has 1 saturated carbocycles. The summed E-state index contributed by atoms with van der Waals surface area (Å²) >= 11 is 0. The van der Waals surface area contributed by atoms with Crippen molar-refractivity contribution in [2.45, 2.75) is 45.2 Å². The second kappa shape index (κ2) is 6.46. The Morgan fingerprint density at radius 3 is 2.80 bits per heavy atom. The largest absolute Gasteiger partial charge is 0.433 e. The summed E-state index contributed by atoms with van der Waals surface area (Å²) in [6.07, 6.45) is 1.67. The molecule has 2 rings (SSSR count). The van der Waals surface area contributed by atoms with E-state index in [2.05, 4.69) is 17.2 Å². The van der Waals surface area contributed by atoms with Gasteiger partial charge in [0.15, 0.2) is 0 Å². The van der Waals surface area contributed by atoms with Crippen molar-refractivity contribution < 1.29 is 13.2 Å². The van der Waals surface area contributed by atoms with Gasteiger partial charge in [0.2, 0.25) is 0 Å². The first-order valence-corrected chi connectivity index (χ1v) is 7.23. The zero-order valence-electron chi connectivity index (χ0n) is 11.7. The molecule has 0 bridgehead atoms. The quantitative estimate of drug-likeness (QED) is 0.865. The van der Waals surface area contributed by atoms with Gasteiger partial charge in [-0.05, 0) is 36.8 Å². The van der Waals surface area contributed by atoms with Gasteiger partial charge in [-0.15, -0.1) is 0 Å². The fourth-order valence-electron chi connectivity index (χ4n) is 2.92. The lowest BCUT2D eigenvalue weighted by Crippen LogP contribution is -2.17. The molecule has 5 heteroatoms. The van der Waals surface area contributed by atoms with Crippen LogP contribution >= 0.6 is 0 Å². The first-order valence-electron chi connectivity index (χ1n) is 7.23. The topological polar surface area (TPSA) is 24.9 Å². The number of rotatable bonds is 4. The van der Waals surface area contributed by atoms with Crippen LogP contribution in [0.3, 0.4) is 0 Å². The van der Waals surface area contributed by atoms with Gasteiger partial charge in [0.25, 0.3) is 0 Å². The Morgan fingerprint density at radius 2 is 2.10 bits per heavy atom. The van der Waals surface area contributed by atoms with E-state index in [0.717, 1.165) is 18.4 Å². The highest BCUT2D eigenvalue weighted by Crippen LogP contribution is 2.31. The van der Waals surface area contributed by atoms with E-state index in [1.165, 1.54) is 31.7 Å². The van der Waals surface area contributed by atoms with E-state index in [0.29, 0.717) is 18.3 Å². The molecule has 20 heavy (non-hydrogen) atoms. The number of anilines is 1. The number of nitrogens with one attached hydrogen (secondary N) is 1. The van der Waals surface area contributed by atoms with Crippen molar-refractivity contribution in [3.05, 3.63) is 23.9 Å². The Balaban J connectivity index is 1.82. The summed E-state index contributed by atoms with van der Waals surface area (Å²) in [5.41, 5.74) is -0.839. The van der Waals surface area contributed by atoms with Crippen LogP contribution in [0.1, 0.15) is 44.7 Å². The molecule has 1 heterocycles. The van der Waals surface area contributed by atoms with Crippen molar-refractivity contribution in [2.24, 2.45) is 11.8 Å². The molecule has 0 amide bonds. The van der Waals surface area contributed by atoms with Crippen molar-refractivity contribution in [1.82, 2.24) is 4.98 Å². The van der Waals surface area contributed by atoms with Gasteiger partial charge < -0.3 is 5.32 Å². The zero-order chi connectivity index (χ0) is 14.6. The fourth-order valence-corrected chi connectivity index (χ4v) is 2.92. The van der Waals surface area contributed by atoms with Gasteiger partial charge in [-0.3, -0.25) is 0 Å². The van der Waals surface area contributed by atoms with Crippen LogP contribution in [0.5, 0.6) is 0 Å². The highest BCUT2D eigenvalue weighted by atomic mass is 19.4. The van der Waals surface area contributed by atoms with Crippen molar-refractivity contribution in [3.63, 3.8) is 0 Å². The summed E-state index contributed by atoms with van der Waals surface area (Å²) in [6.45, 7) is 2.96. The van der Waals surface area contributed by atoms with E-state index in [9.17, 15) is 13.2 Å². The lowest BCUT2D eigenvalue weighted by Gasteiger charge is -2.26. The molecule has 1 N–H and O–H groups in total. The minimum absolute atomic E-state index is 0.309. The van der Waals surface area contributed by atoms with Gasteiger partial charge >= 0.3 is 6.18 Å². The van der Waals surface area contributed by atoms with Crippen molar-refractivity contribution in [2.75, 3.05) is 11.9 Å². The molecule has 1 aliphatic rings. The zero-order valence-corrected chi connectivity index (χ0v) is 11.7. The van der Waals surface area contributed by atoms with E-state index in [1.54, 1.807) is 6.07 Å². The summed E-state index contributed by atoms with van der Waals surface area (Å²) in [5.74, 6) is 1.78. The van der Waals surface area contributed by atoms with Crippen molar-refractivity contribution >= 4 is 5.82 Å². The van der Waals surface area contributed by atoms with Crippen LogP contribution in [-0.2, 0) is 6.18 Å². The number of alkyl halides is 3. The number of aromatic nitrogens is 1. The number of nitrogens with zero attached hydrogens (tertiary/aromatic N) is 1. The second-order valence-corrected chi connectivity index (χ2v) is 5.76. The number of hydrogen-bond acceptors (Lipinski definition) is 2. The molecule has 112 valence electrons. The highest BCUT2D eigenvalue weighted by molar-refractivity contribution is 5.35. The molecule has 0 aliphatic heterocycles. The van der Waals surface area contributed by atoms with E-state index >= 15 is 0 Å². The molecule has 0 saturated heterocycles. The maximum Gasteiger partial charge on any atom is 0.433 e. The molecule has 0 radical (unpaired) electrons. The third kappa shape index (κ3) is 4.39. The van der Waals surface area contributed by atoms with Gasteiger partial charge in [-0.2, -0.15) is 13.2 Å². The first kappa shape index (κ1) is 15.1. The van der Waals surface area contributed by atoms with E-state index in [1.807, 2.05) is 0 Å². The highest BCUT2D eigenvalue weighted by Gasteiger charge is 2.32. The van der Waals surface area contributed by atoms with Crippen LogP contribution < -0.4 is 5.32 Å². The Bertz CT molecular complexity index is 431. The molecule has 1 aliphatic carbocycles. The minimum atomic E-state index is -4.38. The van der Waals surface area contributed by atoms with Crippen LogP contribution in [0.2, 0.25) is 0 Å². The summed E-state index contributed by atoms with van der Waals surface area (Å²) in [7, 11) is 0. The average Bonchev–Trinajstić information content (AvgIpc) is 2.38. The maximum atomic E-state index is 12.5. The van der Waals surface area contributed by atoms with Gasteiger partial charge in [0, 0.05) is 6.54 Å². The Hall–Kier alpha value is -1.26. The average molecular weight is 286 g/mol. The molecule has 2 nitrogen and oxygen atoms in total. The van der Waals surface area contributed by atoms with E-state index < -0.39 is 11.9 Å². The summed E-state index contributed by atoms with van der Waals surface area (Å²) in [5, 5.41) is 3.01. The van der Waals surface area contributed by atoms with Gasteiger partial charge in [-0.1, -0.05) is 32.3 Å². The molecule has 1 aromatic heterocycles. The summed E-state index contributed by atoms with van der Waals surface area (Å²) in [4.78, 5) is 3.61. The van der Waals surface area contributed by atoms with Crippen molar-refractivity contribution in [3.8, 4) is 0 Å². The smallest absolute Gasteiger partial charge is 0.370 e. The SMILES string of the molecule is CC1CCCC(CCNc2cccc(C(F)(F)F)n2)C1. The number of hydrogen-bond donors (Lipinski definition) is 1. The minimum Gasteiger partial charge on any atom is -0.370 e. The summed E-state index contributed by atoms with van der Waals surface area (Å²) in [6, 6.07) is 3.97. The predicted molar refractivity (Wildman–Crippen MR) is 73.5 cm³/mol. The third-order valence-corrected chi connectivity index (χ3v) is 3.94. The Labute approximate surface area is 117 Å². The molecular weight excluding hydrogens is 265 g/mol. The van der Waals surface area contributed by atoms with Crippen LogP contribution in [0, 0.1) is 11.8 Å². The molecule has 1 fully saturated rings. The molecule has 1 aromatic rings. The Morgan fingerprint density at radius 1 is 1.30 bits per heavy atom. The van der Waals surface area contributed by atoms with Crippen LogP contribution in [0.4, 0.5) is 19.0 Å². The van der Waals surface area contributed by atoms with E-state index in [4.69, 9.17) is 0 Å². The van der Waals surface area contributed by atoms with Crippen LogP contribution in [0.15, 0.2) is 18.2 Å². The molecular formula is C15H21F3N2. The predicted octanol–water partition coefficient (Wildman–Crippen LogP) is 4.73. The third-order valence-electron chi connectivity index (χ3n) is 3.94. The number of pyridine rings is 1. The molecule has 0 aromatic carbocycles. The van der Waals surface area contributed by atoms with Crippen LogP contribution in [-0.4, -0.2) is 11.5 Å².